The topological polar surface area (TPSA) is 51.0 Å². The molecular weight excluding hydrogens is 238 g/mol. The van der Waals surface area contributed by atoms with Gasteiger partial charge in [-0.1, -0.05) is 19.0 Å². The molecule has 3 rings (SSSR count). The Bertz CT molecular complexity index is 401. The van der Waals surface area contributed by atoms with Crippen molar-refractivity contribution in [2.75, 3.05) is 13.1 Å². The number of nitrogens with one attached hydrogen (secondary N) is 1. The van der Waals surface area contributed by atoms with E-state index in [2.05, 4.69) is 29.3 Å². The number of aromatic nitrogens is 2. The van der Waals surface area contributed by atoms with Crippen molar-refractivity contribution < 1.29 is 4.52 Å². The normalized spacial score (nSPS) is 32.1. The van der Waals surface area contributed by atoms with E-state index in [1.807, 2.05) is 0 Å². The lowest BCUT2D eigenvalue weighted by Crippen LogP contribution is -2.18. The molecule has 1 unspecified atom stereocenters. The van der Waals surface area contributed by atoms with Crippen molar-refractivity contribution in [3.63, 3.8) is 0 Å². The highest BCUT2D eigenvalue weighted by molar-refractivity contribution is 5.02. The summed E-state index contributed by atoms with van der Waals surface area (Å²) >= 11 is 0. The Morgan fingerprint density at radius 3 is 2.53 bits per heavy atom. The van der Waals surface area contributed by atoms with Gasteiger partial charge in [-0.15, -0.1) is 0 Å². The van der Waals surface area contributed by atoms with Crippen molar-refractivity contribution in [2.45, 2.75) is 57.8 Å². The highest BCUT2D eigenvalue weighted by atomic mass is 16.5. The van der Waals surface area contributed by atoms with E-state index in [0.717, 1.165) is 43.1 Å². The predicted octanol–water partition coefficient (Wildman–Crippen LogP) is 3.08. The van der Waals surface area contributed by atoms with Crippen molar-refractivity contribution >= 4 is 0 Å². The van der Waals surface area contributed by atoms with Gasteiger partial charge in [-0.3, -0.25) is 0 Å². The van der Waals surface area contributed by atoms with Crippen LogP contribution in [0.25, 0.3) is 0 Å². The summed E-state index contributed by atoms with van der Waals surface area (Å²) in [6.07, 6.45) is 6.21. The molecule has 4 heteroatoms. The van der Waals surface area contributed by atoms with Crippen LogP contribution in [0.3, 0.4) is 0 Å². The second kappa shape index (κ2) is 5.61. The lowest BCUT2D eigenvalue weighted by molar-refractivity contribution is 0.251. The third-order valence-electron chi connectivity index (χ3n) is 4.95. The Kier molecular flexibility index (Phi) is 3.87. The molecule has 0 aromatic carbocycles. The van der Waals surface area contributed by atoms with Crippen molar-refractivity contribution in [1.29, 1.82) is 0 Å². The van der Waals surface area contributed by atoms with Crippen molar-refractivity contribution in [2.24, 2.45) is 11.8 Å². The first-order chi connectivity index (χ1) is 9.24. The summed E-state index contributed by atoms with van der Waals surface area (Å²) in [5.41, 5.74) is 0. The maximum atomic E-state index is 5.47. The smallest absolute Gasteiger partial charge is 0.231 e. The van der Waals surface area contributed by atoms with Crippen LogP contribution >= 0.6 is 0 Å². The summed E-state index contributed by atoms with van der Waals surface area (Å²) in [5.74, 6) is 4.48. The van der Waals surface area contributed by atoms with Gasteiger partial charge in [0.1, 0.15) is 0 Å². The van der Waals surface area contributed by atoms with Gasteiger partial charge in [0.25, 0.3) is 0 Å². The molecule has 1 aromatic heterocycles. The molecule has 1 N–H and O–H groups in total. The number of hydrogen-bond donors (Lipinski definition) is 1. The van der Waals surface area contributed by atoms with Gasteiger partial charge < -0.3 is 9.84 Å². The molecule has 1 atom stereocenters. The van der Waals surface area contributed by atoms with Gasteiger partial charge in [-0.25, -0.2) is 0 Å². The summed E-state index contributed by atoms with van der Waals surface area (Å²) in [4.78, 5) is 4.67. The lowest BCUT2D eigenvalue weighted by atomic mass is 9.77. The van der Waals surface area contributed by atoms with Crippen LogP contribution in [0, 0.1) is 11.8 Å². The van der Waals surface area contributed by atoms with E-state index in [-0.39, 0.29) is 0 Å². The maximum Gasteiger partial charge on any atom is 0.231 e. The largest absolute Gasteiger partial charge is 0.339 e. The fourth-order valence-corrected chi connectivity index (χ4v) is 3.49. The molecule has 0 amide bonds. The fraction of sp³-hybridized carbons (Fsp3) is 0.867. The molecule has 2 aliphatic rings. The van der Waals surface area contributed by atoms with E-state index >= 15 is 0 Å². The predicted molar refractivity (Wildman–Crippen MR) is 74.1 cm³/mol. The SMILES string of the molecule is CC(C)C1CCC(c2noc(C3CCNC3)n2)CC1. The van der Waals surface area contributed by atoms with Crippen LogP contribution in [0.5, 0.6) is 0 Å². The van der Waals surface area contributed by atoms with Crippen molar-refractivity contribution in [1.82, 2.24) is 15.5 Å². The Balaban J connectivity index is 1.61. The molecule has 2 heterocycles. The van der Waals surface area contributed by atoms with Crippen LogP contribution in [0.1, 0.15) is 69.5 Å². The molecule has 1 saturated carbocycles. The molecule has 0 radical (unpaired) electrons. The summed E-state index contributed by atoms with van der Waals surface area (Å²) in [6.45, 7) is 6.73. The molecule has 106 valence electrons. The first kappa shape index (κ1) is 13.1. The minimum atomic E-state index is 0.438. The van der Waals surface area contributed by atoms with Gasteiger partial charge in [-0.05, 0) is 50.5 Å². The minimum Gasteiger partial charge on any atom is -0.339 e. The zero-order valence-electron chi connectivity index (χ0n) is 12.1. The Labute approximate surface area is 115 Å². The fourth-order valence-electron chi connectivity index (χ4n) is 3.49. The quantitative estimate of drug-likeness (QED) is 0.910. The zero-order valence-corrected chi connectivity index (χ0v) is 12.1. The van der Waals surface area contributed by atoms with Crippen LogP contribution in [0.4, 0.5) is 0 Å². The van der Waals surface area contributed by atoms with Gasteiger partial charge in [0.2, 0.25) is 5.89 Å². The highest BCUT2D eigenvalue weighted by Crippen LogP contribution is 2.38. The second-order valence-corrected chi connectivity index (χ2v) is 6.54. The summed E-state index contributed by atoms with van der Waals surface area (Å²) in [6, 6.07) is 0. The van der Waals surface area contributed by atoms with Crippen LogP contribution in [0.15, 0.2) is 4.52 Å². The van der Waals surface area contributed by atoms with Crippen LogP contribution in [-0.4, -0.2) is 23.2 Å². The maximum absolute atomic E-state index is 5.47. The second-order valence-electron chi connectivity index (χ2n) is 6.54. The lowest BCUT2D eigenvalue weighted by Gasteiger charge is -2.29. The van der Waals surface area contributed by atoms with Crippen LogP contribution in [0.2, 0.25) is 0 Å². The van der Waals surface area contributed by atoms with Gasteiger partial charge >= 0.3 is 0 Å². The summed E-state index contributed by atoms with van der Waals surface area (Å²) in [7, 11) is 0. The molecule has 0 spiro atoms. The van der Waals surface area contributed by atoms with E-state index in [1.165, 1.54) is 25.7 Å². The van der Waals surface area contributed by atoms with E-state index < -0.39 is 0 Å². The number of rotatable bonds is 3. The molecule has 0 bridgehead atoms. The van der Waals surface area contributed by atoms with Crippen LogP contribution < -0.4 is 5.32 Å². The molecule has 1 aliphatic heterocycles. The molecule has 4 nitrogen and oxygen atoms in total. The zero-order chi connectivity index (χ0) is 13.2. The molecule has 19 heavy (non-hydrogen) atoms. The summed E-state index contributed by atoms with van der Waals surface area (Å²) in [5, 5.41) is 7.59. The first-order valence-electron chi connectivity index (χ1n) is 7.78. The van der Waals surface area contributed by atoms with Gasteiger partial charge in [0, 0.05) is 12.5 Å². The van der Waals surface area contributed by atoms with E-state index in [0.29, 0.717) is 11.8 Å². The monoisotopic (exact) mass is 263 g/mol. The van der Waals surface area contributed by atoms with Gasteiger partial charge in [0.15, 0.2) is 5.82 Å². The number of nitrogens with zero attached hydrogens (tertiary/aromatic N) is 2. The van der Waals surface area contributed by atoms with E-state index in [9.17, 15) is 0 Å². The van der Waals surface area contributed by atoms with E-state index in [4.69, 9.17) is 4.52 Å². The molecule has 2 fully saturated rings. The van der Waals surface area contributed by atoms with Crippen molar-refractivity contribution in [3.8, 4) is 0 Å². The third kappa shape index (κ3) is 2.83. The highest BCUT2D eigenvalue weighted by Gasteiger charge is 2.29. The summed E-state index contributed by atoms with van der Waals surface area (Å²) < 4.78 is 5.47. The minimum absolute atomic E-state index is 0.438. The molecule has 1 saturated heterocycles. The Morgan fingerprint density at radius 2 is 1.89 bits per heavy atom. The Morgan fingerprint density at radius 1 is 1.11 bits per heavy atom. The van der Waals surface area contributed by atoms with Crippen LogP contribution in [-0.2, 0) is 0 Å². The van der Waals surface area contributed by atoms with Gasteiger partial charge in [0.05, 0.1) is 5.92 Å². The molecular formula is C15H25N3O. The molecule has 1 aromatic rings. The van der Waals surface area contributed by atoms with Crippen molar-refractivity contribution in [3.05, 3.63) is 11.7 Å². The third-order valence-corrected chi connectivity index (χ3v) is 4.95. The average molecular weight is 263 g/mol. The average Bonchev–Trinajstić information content (AvgIpc) is 3.10. The van der Waals surface area contributed by atoms with E-state index in [1.54, 1.807) is 0 Å². The first-order valence-corrected chi connectivity index (χ1v) is 7.78. The Hall–Kier alpha value is -0.900. The van der Waals surface area contributed by atoms with Gasteiger partial charge in [-0.2, -0.15) is 4.98 Å². The molecule has 1 aliphatic carbocycles. The number of hydrogen-bond acceptors (Lipinski definition) is 4. The standard InChI is InChI=1S/C15H25N3O/c1-10(2)11-3-5-12(6-4-11)14-17-15(19-18-14)13-7-8-16-9-13/h10-13,16H,3-9H2,1-2H3.